The van der Waals surface area contributed by atoms with Crippen LogP contribution in [-0.2, 0) is 11.2 Å². The summed E-state index contributed by atoms with van der Waals surface area (Å²) in [4.78, 5) is 25.2. The molecule has 1 amide bonds. The number of nitrogens with one attached hydrogen (secondary N) is 1. The van der Waals surface area contributed by atoms with Crippen LogP contribution in [0.1, 0.15) is 27.3 Å². The summed E-state index contributed by atoms with van der Waals surface area (Å²) in [5.41, 5.74) is 4.04. The first-order chi connectivity index (χ1) is 13.1. The minimum absolute atomic E-state index is 0.403. The molecule has 0 aliphatic heterocycles. The number of pyridine rings is 1. The van der Waals surface area contributed by atoms with E-state index in [0.717, 1.165) is 34.0 Å². The highest BCUT2D eigenvalue weighted by atomic mass is 32.1. The van der Waals surface area contributed by atoms with Gasteiger partial charge in [0.2, 0.25) is 0 Å². The standard InChI is InChI=1S/C21H17N3O2S/c1-14-11-19(27-23-14)22-21(26)20(25)17-13-16(12-15-7-3-2-4-8-15)24-10-6-5-9-18(17)24/h2-11,13H,12H2,1H3,(H,22,26). The highest BCUT2D eigenvalue weighted by Gasteiger charge is 2.22. The maximum atomic E-state index is 12.8. The van der Waals surface area contributed by atoms with Crippen molar-refractivity contribution in [1.82, 2.24) is 8.77 Å². The first-order valence-electron chi connectivity index (χ1n) is 8.54. The number of Topliss-reactive ketones (excluding diaryl/α,β-unsaturated/α-hetero) is 1. The predicted molar refractivity (Wildman–Crippen MR) is 106 cm³/mol. The third-order valence-corrected chi connectivity index (χ3v) is 5.10. The van der Waals surface area contributed by atoms with Gasteiger partial charge in [0.1, 0.15) is 5.00 Å². The smallest absolute Gasteiger partial charge is 0.297 e. The van der Waals surface area contributed by atoms with Crippen molar-refractivity contribution in [1.29, 1.82) is 0 Å². The SMILES string of the molecule is Cc1cc(NC(=O)C(=O)c2cc(Cc3ccccc3)n3ccccc23)sn1. The molecule has 4 rings (SSSR count). The van der Waals surface area contributed by atoms with Gasteiger partial charge in [-0.25, -0.2) is 0 Å². The summed E-state index contributed by atoms with van der Waals surface area (Å²) in [5, 5.41) is 3.21. The van der Waals surface area contributed by atoms with Gasteiger partial charge in [0.25, 0.3) is 11.7 Å². The third kappa shape index (κ3) is 3.52. The highest BCUT2D eigenvalue weighted by Crippen LogP contribution is 2.22. The largest absolute Gasteiger partial charge is 0.320 e. The lowest BCUT2D eigenvalue weighted by atomic mass is 10.1. The Bertz CT molecular complexity index is 1130. The van der Waals surface area contributed by atoms with Gasteiger partial charge in [0.15, 0.2) is 0 Å². The van der Waals surface area contributed by atoms with Gasteiger partial charge in [-0.1, -0.05) is 36.4 Å². The zero-order chi connectivity index (χ0) is 18.8. The van der Waals surface area contributed by atoms with Crippen molar-refractivity contribution in [3.8, 4) is 0 Å². The number of hydrogen-bond acceptors (Lipinski definition) is 4. The summed E-state index contributed by atoms with van der Waals surface area (Å²) in [6, 6.07) is 19.2. The van der Waals surface area contributed by atoms with Gasteiger partial charge < -0.3 is 9.72 Å². The minimum atomic E-state index is -0.652. The average molecular weight is 375 g/mol. The number of nitrogens with zero attached hydrogens (tertiary/aromatic N) is 2. The number of benzene rings is 1. The van der Waals surface area contributed by atoms with E-state index in [9.17, 15) is 9.59 Å². The van der Waals surface area contributed by atoms with E-state index in [4.69, 9.17) is 0 Å². The second-order valence-electron chi connectivity index (χ2n) is 6.28. The molecule has 3 aromatic heterocycles. The number of ketones is 1. The fraction of sp³-hybridized carbons (Fsp3) is 0.0952. The number of aromatic nitrogens is 2. The summed E-state index contributed by atoms with van der Waals surface area (Å²) >= 11 is 1.16. The maximum Gasteiger partial charge on any atom is 0.297 e. The minimum Gasteiger partial charge on any atom is -0.320 e. The molecule has 4 aromatic rings. The van der Waals surface area contributed by atoms with E-state index < -0.39 is 11.7 Å². The van der Waals surface area contributed by atoms with Crippen LogP contribution >= 0.6 is 11.5 Å². The molecule has 0 fully saturated rings. The van der Waals surface area contributed by atoms with Crippen LogP contribution in [-0.4, -0.2) is 20.5 Å². The van der Waals surface area contributed by atoms with E-state index in [2.05, 4.69) is 9.69 Å². The molecule has 0 spiro atoms. The average Bonchev–Trinajstić information content (AvgIpc) is 3.26. The van der Waals surface area contributed by atoms with Crippen LogP contribution < -0.4 is 5.32 Å². The molecular formula is C21H17N3O2S. The van der Waals surface area contributed by atoms with Crippen LogP contribution in [0.5, 0.6) is 0 Å². The van der Waals surface area contributed by atoms with Crippen LogP contribution in [0.4, 0.5) is 5.00 Å². The molecule has 134 valence electrons. The lowest BCUT2D eigenvalue weighted by Gasteiger charge is -2.03. The monoisotopic (exact) mass is 375 g/mol. The van der Waals surface area contributed by atoms with E-state index in [0.29, 0.717) is 17.0 Å². The number of fused-ring (bicyclic) bond motifs is 1. The molecule has 0 aliphatic rings. The van der Waals surface area contributed by atoms with Crippen molar-refractivity contribution in [2.24, 2.45) is 0 Å². The van der Waals surface area contributed by atoms with Gasteiger partial charge in [0.05, 0.1) is 16.8 Å². The Labute approximate surface area is 160 Å². The fourth-order valence-corrected chi connectivity index (χ4v) is 3.72. The van der Waals surface area contributed by atoms with Crippen molar-refractivity contribution < 1.29 is 9.59 Å². The van der Waals surface area contributed by atoms with Crippen LogP contribution in [0.3, 0.4) is 0 Å². The number of carbonyl (C=O) groups is 2. The zero-order valence-corrected chi connectivity index (χ0v) is 15.5. The number of anilines is 1. The zero-order valence-electron chi connectivity index (χ0n) is 14.7. The van der Waals surface area contributed by atoms with Crippen molar-refractivity contribution in [3.05, 3.63) is 89.4 Å². The number of hydrogen-bond donors (Lipinski definition) is 1. The van der Waals surface area contributed by atoms with Gasteiger partial charge in [-0.15, -0.1) is 0 Å². The second-order valence-corrected chi connectivity index (χ2v) is 7.09. The second kappa shape index (κ2) is 7.17. The van der Waals surface area contributed by atoms with E-state index >= 15 is 0 Å². The van der Waals surface area contributed by atoms with Crippen molar-refractivity contribution in [2.45, 2.75) is 13.3 Å². The van der Waals surface area contributed by atoms with Gasteiger partial charge >= 0.3 is 0 Å². The van der Waals surface area contributed by atoms with Gasteiger partial charge in [0, 0.05) is 18.3 Å². The molecule has 3 heterocycles. The molecule has 0 bridgehead atoms. The molecule has 6 heteroatoms. The van der Waals surface area contributed by atoms with Crippen LogP contribution in [0.2, 0.25) is 0 Å². The summed E-state index contributed by atoms with van der Waals surface area (Å²) in [5.74, 6) is -1.20. The van der Waals surface area contributed by atoms with E-state index in [-0.39, 0.29) is 0 Å². The molecule has 5 nitrogen and oxygen atoms in total. The molecule has 1 N–H and O–H groups in total. The van der Waals surface area contributed by atoms with Gasteiger partial charge in [-0.05, 0) is 48.3 Å². The Hall–Kier alpha value is -3.25. The summed E-state index contributed by atoms with van der Waals surface area (Å²) in [7, 11) is 0. The molecule has 0 radical (unpaired) electrons. The van der Waals surface area contributed by atoms with Crippen molar-refractivity contribution in [3.63, 3.8) is 0 Å². The van der Waals surface area contributed by atoms with Gasteiger partial charge in [-0.3, -0.25) is 9.59 Å². The molecule has 1 aromatic carbocycles. The third-order valence-electron chi connectivity index (χ3n) is 4.30. The Morgan fingerprint density at radius 2 is 1.85 bits per heavy atom. The summed E-state index contributed by atoms with van der Waals surface area (Å²) in [6.45, 7) is 1.84. The maximum absolute atomic E-state index is 12.8. The normalized spacial score (nSPS) is 10.9. The number of rotatable bonds is 5. The summed E-state index contributed by atoms with van der Waals surface area (Å²) in [6.07, 6.45) is 2.59. The predicted octanol–water partition coefficient (Wildman–Crippen LogP) is 4.12. The van der Waals surface area contributed by atoms with E-state index in [1.807, 2.05) is 72.1 Å². The molecule has 0 atom stereocenters. The topological polar surface area (TPSA) is 63.5 Å². The van der Waals surface area contributed by atoms with Crippen molar-refractivity contribution in [2.75, 3.05) is 5.32 Å². The van der Waals surface area contributed by atoms with E-state index in [1.165, 1.54) is 0 Å². The first kappa shape index (κ1) is 17.2. The number of carbonyl (C=O) groups excluding carboxylic acids is 2. The first-order valence-corrected chi connectivity index (χ1v) is 9.31. The van der Waals surface area contributed by atoms with Crippen LogP contribution in [0, 0.1) is 6.92 Å². The summed E-state index contributed by atoms with van der Waals surface area (Å²) < 4.78 is 6.08. The van der Waals surface area contributed by atoms with Crippen molar-refractivity contribution >= 4 is 33.7 Å². The van der Waals surface area contributed by atoms with E-state index in [1.54, 1.807) is 6.07 Å². The molecule has 0 aliphatic carbocycles. The Morgan fingerprint density at radius 1 is 1.07 bits per heavy atom. The Morgan fingerprint density at radius 3 is 2.59 bits per heavy atom. The number of aryl methyl sites for hydroxylation is 1. The lowest BCUT2D eigenvalue weighted by Crippen LogP contribution is -2.22. The molecule has 0 saturated heterocycles. The Kier molecular flexibility index (Phi) is 4.56. The highest BCUT2D eigenvalue weighted by molar-refractivity contribution is 7.10. The quantitative estimate of drug-likeness (QED) is 0.422. The van der Waals surface area contributed by atoms with Crippen LogP contribution in [0.15, 0.2) is 66.9 Å². The number of amides is 1. The lowest BCUT2D eigenvalue weighted by molar-refractivity contribution is -0.112. The van der Waals surface area contributed by atoms with Crippen LogP contribution in [0.25, 0.3) is 5.52 Å². The molecular weight excluding hydrogens is 358 g/mol. The van der Waals surface area contributed by atoms with Gasteiger partial charge in [-0.2, -0.15) is 4.37 Å². The molecule has 0 saturated carbocycles. The molecule has 27 heavy (non-hydrogen) atoms. The Balaban J connectivity index is 1.67. The molecule has 0 unspecified atom stereocenters. The fourth-order valence-electron chi connectivity index (χ4n) is 3.06.